The summed E-state index contributed by atoms with van der Waals surface area (Å²) in [5, 5.41) is 3.58. The largest absolute Gasteiger partial charge is 0.372 e. The second-order valence-electron chi connectivity index (χ2n) is 6.14. The van der Waals surface area contributed by atoms with Gasteiger partial charge in [-0.15, -0.1) is 0 Å². The predicted molar refractivity (Wildman–Crippen MR) is 91.1 cm³/mol. The lowest BCUT2D eigenvalue weighted by molar-refractivity contribution is 0.239. The molecule has 1 N–H and O–H groups in total. The van der Waals surface area contributed by atoms with Crippen molar-refractivity contribution in [3.8, 4) is 0 Å². The third-order valence-electron chi connectivity index (χ3n) is 4.78. The molecular weight excluding hydrogens is 380 g/mol. The minimum atomic E-state index is 0.345. The van der Waals surface area contributed by atoms with E-state index in [0.29, 0.717) is 22.8 Å². The molecule has 2 unspecified atom stereocenters. The molecule has 2 nitrogen and oxygen atoms in total. The molecule has 0 saturated heterocycles. The molecule has 0 saturated carbocycles. The average Bonchev–Trinajstić information content (AvgIpc) is 2.67. The van der Waals surface area contributed by atoms with Gasteiger partial charge >= 0.3 is 0 Å². The number of alkyl halides is 1. The van der Waals surface area contributed by atoms with Crippen molar-refractivity contribution in [3.63, 3.8) is 0 Å². The molecular formula is C16H17Br2N2. The van der Waals surface area contributed by atoms with Crippen molar-refractivity contribution in [1.82, 2.24) is 4.90 Å². The fourth-order valence-corrected chi connectivity index (χ4v) is 5.16. The van der Waals surface area contributed by atoms with Crippen LogP contribution in [0.2, 0.25) is 0 Å². The van der Waals surface area contributed by atoms with Gasteiger partial charge in [0, 0.05) is 28.7 Å². The molecule has 105 valence electrons. The maximum atomic E-state index is 4.25. The lowest BCUT2D eigenvalue weighted by Gasteiger charge is -2.42. The molecule has 3 aliphatic rings. The first-order valence-electron chi connectivity index (χ1n) is 7.04. The van der Waals surface area contributed by atoms with Crippen LogP contribution in [0.5, 0.6) is 0 Å². The summed E-state index contributed by atoms with van der Waals surface area (Å²) < 4.78 is 1.15. The Kier molecular flexibility index (Phi) is 3.06. The molecule has 4 atom stereocenters. The molecule has 0 fully saturated rings. The Labute approximate surface area is 136 Å². The Morgan fingerprint density at radius 1 is 1.40 bits per heavy atom. The van der Waals surface area contributed by atoms with E-state index in [1.807, 2.05) is 0 Å². The quantitative estimate of drug-likeness (QED) is 0.521. The highest BCUT2D eigenvalue weighted by atomic mass is 79.9. The van der Waals surface area contributed by atoms with Gasteiger partial charge in [-0.1, -0.05) is 37.9 Å². The number of rotatable bonds is 0. The lowest BCUT2D eigenvalue weighted by atomic mass is 9.75. The van der Waals surface area contributed by atoms with Crippen LogP contribution >= 0.6 is 31.9 Å². The normalized spacial score (nSPS) is 35.1. The number of fused-ring (bicyclic) bond motifs is 2. The molecule has 0 amide bonds. The van der Waals surface area contributed by atoms with E-state index < -0.39 is 0 Å². The van der Waals surface area contributed by atoms with Gasteiger partial charge in [-0.2, -0.15) is 0 Å². The van der Waals surface area contributed by atoms with Gasteiger partial charge in [0.05, 0.1) is 4.95 Å². The molecule has 0 spiro atoms. The maximum absolute atomic E-state index is 4.25. The second kappa shape index (κ2) is 4.59. The van der Waals surface area contributed by atoms with Crippen molar-refractivity contribution >= 4 is 43.1 Å². The van der Waals surface area contributed by atoms with Crippen molar-refractivity contribution in [3.05, 3.63) is 40.7 Å². The number of anilines is 1. The van der Waals surface area contributed by atoms with Gasteiger partial charge in [-0.05, 0) is 55.1 Å². The van der Waals surface area contributed by atoms with E-state index in [2.05, 4.69) is 74.3 Å². The van der Waals surface area contributed by atoms with Crippen LogP contribution in [0, 0.1) is 12.8 Å². The highest BCUT2D eigenvalue weighted by molar-refractivity contribution is 9.10. The fraction of sp³-hybridized carbons (Fsp3) is 0.438. The summed E-state index contributed by atoms with van der Waals surface area (Å²) in [5.41, 5.74) is 5.63. The zero-order chi connectivity index (χ0) is 14.0. The van der Waals surface area contributed by atoms with Crippen LogP contribution in [0.4, 0.5) is 5.69 Å². The molecule has 20 heavy (non-hydrogen) atoms. The summed E-state index contributed by atoms with van der Waals surface area (Å²) >= 11 is 7.47. The molecule has 4 heteroatoms. The van der Waals surface area contributed by atoms with Crippen LogP contribution in [-0.2, 0) is 0 Å². The van der Waals surface area contributed by atoms with Crippen LogP contribution in [0.1, 0.15) is 23.5 Å². The summed E-state index contributed by atoms with van der Waals surface area (Å²) in [7, 11) is 2.23. The van der Waals surface area contributed by atoms with Gasteiger partial charge in [0.2, 0.25) is 0 Å². The number of nitrogens with zero attached hydrogens (tertiary/aromatic N) is 1. The van der Waals surface area contributed by atoms with Crippen molar-refractivity contribution in [2.75, 3.05) is 18.9 Å². The van der Waals surface area contributed by atoms with Crippen molar-refractivity contribution in [2.24, 2.45) is 5.92 Å². The van der Waals surface area contributed by atoms with E-state index in [0.717, 1.165) is 11.0 Å². The van der Waals surface area contributed by atoms with Crippen molar-refractivity contribution < 1.29 is 0 Å². The second-order valence-corrected chi connectivity index (χ2v) is 8.04. The minimum absolute atomic E-state index is 0.345. The first kappa shape index (κ1) is 13.4. The number of nitrogens with one attached hydrogen (secondary N) is 1. The van der Waals surface area contributed by atoms with Crippen LogP contribution in [0.25, 0.3) is 5.57 Å². The van der Waals surface area contributed by atoms with Gasteiger partial charge in [0.1, 0.15) is 0 Å². The third kappa shape index (κ3) is 1.84. The molecule has 1 radical (unpaired) electrons. The summed E-state index contributed by atoms with van der Waals surface area (Å²) in [5.74, 6) is 0.936. The Morgan fingerprint density at radius 3 is 3.00 bits per heavy atom. The molecule has 4 rings (SSSR count). The molecule has 2 aliphatic heterocycles. The highest BCUT2D eigenvalue weighted by Gasteiger charge is 2.42. The van der Waals surface area contributed by atoms with Crippen LogP contribution in [0.15, 0.2) is 22.7 Å². The number of likely N-dealkylation sites (N-methyl/N-ethyl adjacent to an activating group) is 1. The number of hydrogen-bond acceptors (Lipinski definition) is 2. The summed E-state index contributed by atoms with van der Waals surface area (Å²) in [6.07, 6.45) is 3.56. The fourth-order valence-electron chi connectivity index (χ4n) is 3.98. The van der Waals surface area contributed by atoms with E-state index in [4.69, 9.17) is 0 Å². The molecule has 1 aliphatic carbocycles. The first-order valence-corrected chi connectivity index (χ1v) is 8.75. The molecule has 2 heterocycles. The lowest BCUT2D eigenvalue weighted by Crippen LogP contribution is -2.42. The number of benzene rings is 1. The monoisotopic (exact) mass is 395 g/mol. The zero-order valence-electron chi connectivity index (χ0n) is 11.4. The van der Waals surface area contributed by atoms with Gasteiger partial charge in [0.15, 0.2) is 0 Å². The topological polar surface area (TPSA) is 15.3 Å². The Morgan fingerprint density at radius 2 is 2.20 bits per heavy atom. The average molecular weight is 397 g/mol. The van der Waals surface area contributed by atoms with Gasteiger partial charge in [0.25, 0.3) is 0 Å². The van der Waals surface area contributed by atoms with Crippen molar-refractivity contribution in [2.45, 2.75) is 23.3 Å². The van der Waals surface area contributed by atoms with Crippen molar-refractivity contribution in [1.29, 1.82) is 0 Å². The van der Waals surface area contributed by atoms with Crippen LogP contribution in [0.3, 0.4) is 0 Å². The predicted octanol–water partition coefficient (Wildman–Crippen LogP) is 4.23. The SMILES string of the molecule is [CH2][C@@H]1C=C2c3cc(Br)cc4c3C(C[C@H]2N(C)C1)C(Br)N4. The van der Waals surface area contributed by atoms with E-state index in [-0.39, 0.29) is 0 Å². The third-order valence-corrected chi connectivity index (χ3v) is 6.10. The summed E-state index contributed by atoms with van der Waals surface area (Å²) in [6, 6.07) is 5.00. The number of halogens is 2. The zero-order valence-corrected chi connectivity index (χ0v) is 14.5. The molecule has 1 aromatic rings. The number of hydrogen-bond donors (Lipinski definition) is 1. The van der Waals surface area contributed by atoms with E-state index in [1.165, 1.54) is 28.8 Å². The van der Waals surface area contributed by atoms with Gasteiger partial charge in [-0.3, -0.25) is 4.90 Å². The van der Waals surface area contributed by atoms with Crippen LogP contribution < -0.4 is 5.32 Å². The van der Waals surface area contributed by atoms with Gasteiger partial charge in [-0.25, -0.2) is 0 Å². The molecule has 1 aromatic carbocycles. The smallest absolute Gasteiger partial charge is 0.0888 e. The summed E-state index contributed by atoms with van der Waals surface area (Å²) in [4.78, 5) is 2.81. The minimum Gasteiger partial charge on any atom is -0.372 e. The van der Waals surface area contributed by atoms with E-state index >= 15 is 0 Å². The van der Waals surface area contributed by atoms with Gasteiger partial charge < -0.3 is 5.32 Å². The highest BCUT2D eigenvalue weighted by Crippen LogP contribution is 2.52. The maximum Gasteiger partial charge on any atom is 0.0888 e. The Balaban J connectivity index is 1.95. The molecule has 0 bridgehead atoms. The molecule has 0 aromatic heterocycles. The van der Waals surface area contributed by atoms with Crippen LogP contribution in [-0.4, -0.2) is 29.5 Å². The standard InChI is InChI=1S/C16H17Br2N2/c1-8-3-10-11-4-9(17)5-13-15(11)12(16(18)19-13)6-14(10)20(2)7-8/h3-5,8,12,14,16,19H,1,6-7H2,2H3/t8-,12?,14-,16?/m1/s1. The first-order chi connectivity index (χ1) is 9.54. The van der Waals surface area contributed by atoms with E-state index in [9.17, 15) is 0 Å². The van der Waals surface area contributed by atoms with E-state index in [1.54, 1.807) is 0 Å². The Bertz CT molecular complexity index is 611. The Hall–Kier alpha value is -0.320. The summed E-state index contributed by atoms with van der Waals surface area (Å²) in [6.45, 7) is 5.30.